The fourth-order valence-electron chi connectivity index (χ4n) is 2.59. The monoisotopic (exact) mass is 277 g/mol. The lowest BCUT2D eigenvalue weighted by molar-refractivity contribution is 0.0923. The van der Waals surface area contributed by atoms with Crippen molar-refractivity contribution in [1.29, 1.82) is 0 Å². The van der Waals surface area contributed by atoms with E-state index in [9.17, 15) is 4.79 Å². The summed E-state index contributed by atoms with van der Waals surface area (Å²) < 4.78 is 0. The van der Waals surface area contributed by atoms with Gasteiger partial charge in [0.15, 0.2) is 0 Å². The maximum absolute atomic E-state index is 12.1. The van der Waals surface area contributed by atoms with Crippen LogP contribution in [0.1, 0.15) is 48.5 Å². The molecular weight excluding hydrogens is 254 g/mol. The number of nitrogens with one attached hydrogen (secondary N) is 1. The first-order valence-electron chi connectivity index (χ1n) is 7.07. The molecule has 0 aliphatic heterocycles. The summed E-state index contributed by atoms with van der Waals surface area (Å²) in [6.45, 7) is 2.29. The topological polar surface area (TPSA) is 29.1 Å². The van der Waals surface area contributed by atoms with Crippen molar-refractivity contribution in [2.75, 3.05) is 6.26 Å². The first-order valence-corrected chi connectivity index (χ1v) is 8.47. The maximum atomic E-state index is 12.1. The highest BCUT2D eigenvalue weighted by Crippen LogP contribution is 2.23. The van der Waals surface area contributed by atoms with E-state index in [1.54, 1.807) is 11.8 Å². The van der Waals surface area contributed by atoms with Crippen LogP contribution < -0.4 is 5.32 Å². The number of carbonyl (C=O) groups excluding carboxylic acids is 1. The molecule has 3 heteroatoms. The molecule has 1 N–H and O–H groups in total. The molecule has 0 radical (unpaired) electrons. The summed E-state index contributed by atoms with van der Waals surface area (Å²) in [5, 5.41) is 3.16. The molecule has 0 bridgehead atoms. The second-order valence-corrected chi connectivity index (χ2v) is 6.43. The summed E-state index contributed by atoms with van der Waals surface area (Å²) in [5.41, 5.74) is 2.05. The summed E-state index contributed by atoms with van der Waals surface area (Å²) in [7, 11) is 0. The van der Waals surface area contributed by atoms with Crippen LogP contribution in [0.2, 0.25) is 0 Å². The minimum absolute atomic E-state index is 0.0789. The van der Waals surface area contributed by atoms with Crippen LogP contribution in [0.3, 0.4) is 0 Å². The number of hydrogen-bond donors (Lipinski definition) is 1. The number of benzene rings is 1. The number of carbonyl (C=O) groups is 1. The largest absolute Gasteiger partial charge is 0.349 e. The predicted octanol–water partition coefficient (Wildman–Crippen LogP) is 3.86. The van der Waals surface area contributed by atoms with Gasteiger partial charge in [0.05, 0.1) is 0 Å². The zero-order valence-electron chi connectivity index (χ0n) is 11.8. The van der Waals surface area contributed by atoms with Gasteiger partial charge in [-0.3, -0.25) is 4.79 Å². The van der Waals surface area contributed by atoms with Crippen molar-refractivity contribution < 1.29 is 4.79 Å². The molecule has 104 valence electrons. The summed E-state index contributed by atoms with van der Waals surface area (Å²) in [4.78, 5) is 12.1. The van der Waals surface area contributed by atoms with Crippen molar-refractivity contribution >= 4 is 17.7 Å². The average Bonchev–Trinajstić information content (AvgIpc) is 2.42. The van der Waals surface area contributed by atoms with Gasteiger partial charge >= 0.3 is 0 Å². The first-order chi connectivity index (χ1) is 9.19. The molecule has 19 heavy (non-hydrogen) atoms. The third-order valence-corrected chi connectivity index (χ3v) is 4.50. The highest BCUT2D eigenvalue weighted by atomic mass is 32.2. The Morgan fingerprint density at radius 1 is 1.21 bits per heavy atom. The van der Waals surface area contributed by atoms with Crippen LogP contribution in [-0.4, -0.2) is 18.2 Å². The molecule has 0 saturated heterocycles. The van der Waals surface area contributed by atoms with Crippen LogP contribution in [0.25, 0.3) is 0 Å². The van der Waals surface area contributed by atoms with E-state index >= 15 is 0 Å². The Morgan fingerprint density at radius 2 is 1.84 bits per heavy atom. The number of rotatable bonds is 4. The van der Waals surface area contributed by atoms with Crippen LogP contribution in [0.5, 0.6) is 0 Å². The third kappa shape index (κ3) is 4.27. The van der Waals surface area contributed by atoms with E-state index in [1.165, 1.54) is 18.4 Å². The van der Waals surface area contributed by atoms with Gasteiger partial charge in [-0.15, -0.1) is 0 Å². The average molecular weight is 277 g/mol. The van der Waals surface area contributed by atoms with Crippen molar-refractivity contribution in [1.82, 2.24) is 5.32 Å². The molecule has 1 aromatic carbocycles. The Labute approximate surface area is 120 Å². The molecule has 0 unspecified atom stereocenters. The lowest BCUT2D eigenvalue weighted by atomic mass is 9.87. The van der Waals surface area contributed by atoms with Crippen LogP contribution in [0, 0.1) is 5.92 Å². The van der Waals surface area contributed by atoms with Crippen molar-refractivity contribution in [3.63, 3.8) is 0 Å². The van der Waals surface area contributed by atoms with E-state index in [4.69, 9.17) is 0 Å². The predicted molar refractivity (Wildman–Crippen MR) is 82.5 cm³/mol. The lowest BCUT2D eigenvalue weighted by Crippen LogP contribution is -2.37. The maximum Gasteiger partial charge on any atom is 0.251 e. The van der Waals surface area contributed by atoms with Gasteiger partial charge in [-0.2, -0.15) is 11.8 Å². The van der Waals surface area contributed by atoms with Gasteiger partial charge in [0.1, 0.15) is 0 Å². The number of thioether (sulfide) groups is 1. The highest BCUT2D eigenvalue weighted by molar-refractivity contribution is 7.97. The van der Waals surface area contributed by atoms with Gasteiger partial charge < -0.3 is 5.32 Å². The number of amides is 1. The second-order valence-electron chi connectivity index (χ2n) is 5.56. The molecule has 0 heterocycles. The molecule has 1 aliphatic carbocycles. The summed E-state index contributed by atoms with van der Waals surface area (Å²) >= 11 is 1.80. The Morgan fingerprint density at radius 3 is 2.42 bits per heavy atom. The molecule has 0 aromatic heterocycles. The Bertz CT molecular complexity index is 407. The van der Waals surface area contributed by atoms with Crippen molar-refractivity contribution in [3.8, 4) is 0 Å². The van der Waals surface area contributed by atoms with E-state index < -0.39 is 0 Å². The quantitative estimate of drug-likeness (QED) is 0.905. The van der Waals surface area contributed by atoms with Crippen molar-refractivity contribution in [3.05, 3.63) is 35.4 Å². The second kappa shape index (κ2) is 6.99. The fraction of sp³-hybridized carbons (Fsp3) is 0.562. The summed E-state index contributed by atoms with van der Waals surface area (Å²) in [5.74, 6) is 1.90. The summed E-state index contributed by atoms with van der Waals surface area (Å²) in [6, 6.07) is 8.34. The Balaban J connectivity index is 1.88. The van der Waals surface area contributed by atoms with Gasteiger partial charge in [0.2, 0.25) is 0 Å². The van der Waals surface area contributed by atoms with Gasteiger partial charge in [-0.05, 0) is 55.6 Å². The molecule has 1 saturated carbocycles. The molecule has 2 rings (SSSR count). The highest BCUT2D eigenvalue weighted by Gasteiger charge is 2.20. The fourth-order valence-corrected chi connectivity index (χ4v) is 3.12. The molecule has 0 spiro atoms. The smallest absolute Gasteiger partial charge is 0.251 e. The van der Waals surface area contributed by atoms with Crippen molar-refractivity contribution in [2.45, 2.75) is 44.4 Å². The minimum atomic E-state index is 0.0789. The first kappa shape index (κ1) is 14.4. The molecule has 1 aromatic rings. The van der Waals surface area contributed by atoms with E-state index in [0.29, 0.717) is 6.04 Å². The molecule has 1 fully saturated rings. The lowest BCUT2D eigenvalue weighted by Gasteiger charge is -2.26. The normalized spacial score (nSPS) is 23.1. The van der Waals surface area contributed by atoms with Gasteiger partial charge in [-0.25, -0.2) is 0 Å². The van der Waals surface area contributed by atoms with E-state index in [0.717, 1.165) is 30.1 Å². The SMILES string of the molecule is CSCc1ccc(C(=O)NC2CCC(C)CC2)cc1. The van der Waals surface area contributed by atoms with E-state index in [2.05, 4.69) is 18.5 Å². The van der Waals surface area contributed by atoms with Gasteiger partial charge in [0.25, 0.3) is 5.91 Å². The molecule has 2 nitrogen and oxygen atoms in total. The zero-order valence-corrected chi connectivity index (χ0v) is 12.6. The van der Waals surface area contributed by atoms with Gasteiger partial charge in [0, 0.05) is 17.4 Å². The Hall–Kier alpha value is -0.960. The van der Waals surface area contributed by atoms with Crippen LogP contribution in [-0.2, 0) is 5.75 Å². The van der Waals surface area contributed by atoms with Gasteiger partial charge in [-0.1, -0.05) is 19.1 Å². The van der Waals surface area contributed by atoms with E-state index in [1.807, 2.05) is 24.3 Å². The molecule has 1 aliphatic rings. The van der Waals surface area contributed by atoms with Crippen molar-refractivity contribution in [2.24, 2.45) is 5.92 Å². The number of hydrogen-bond acceptors (Lipinski definition) is 2. The van der Waals surface area contributed by atoms with Crippen LogP contribution >= 0.6 is 11.8 Å². The third-order valence-electron chi connectivity index (χ3n) is 3.88. The molecular formula is C16H23NOS. The molecule has 0 atom stereocenters. The Kier molecular flexibility index (Phi) is 5.32. The van der Waals surface area contributed by atoms with Crippen LogP contribution in [0.4, 0.5) is 0 Å². The summed E-state index contributed by atoms with van der Waals surface area (Å²) in [6.07, 6.45) is 6.80. The minimum Gasteiger partial charge on any atom is -0.349 e. The molecule has 1 amide bonds. The van der Waals surface area contributed by atoms with E-state index in [-0.39, 0.29) is 5.91 Å². The zero-order chi connectivity index (χ0) is 13.7. The standard InChI is InChI=1S/C16H23NOS/c1-12-3-9-15(10-4-12)17-16(18)14-7-5-13(6-8-14)11-19-2/h5-8,12,15H,3-4,9-11H2,1-2H3,(H,17,18). The van der Waals surface area contributed by atoms with Crippen LogP contribution in [0.15, 0.2) is 24.3 Å².